The van der Waals surface area contributed by atoms with E-state index in [2.05, 4.69) is 9.97 Å². The maximum atomic E-state index is 13.0. The Hall–Kier alpha value is -2.20. The van der Waals surface area contributed by atoms with Gasteiger partial charge in [0, 0.05) is 28.9 Å². The number of carbonyl (C=O) groups is 1. The maximum absolute atomic E-state index is 13.0. The fourth-order valence-electron chi connectivity index (χ4n) is 1.96. The summed E-state index contributed by atoms with van der Waals surface area (Å²) in [6.45, 7) is 0. The van der Waals surface area contributed by atoms with Crippen molar-refractivity contribution >= 4 is 28.4 Å². The van der Waals surface area contributed by atoms with Crippen LogP contribution in [0.2, 0.25) is 5.02 Å². The normalized spacial score (nSPS) is 10.8. The van der Waals surface area contributed by atoms with E-state index >= 15 is 0 Å². The number of halogens is 2. The van der Waals surface area contributed by atoms with Crippen LogP contribution < -0.4 is 0 Å². The van der Waals surface area contributed by atoms with Crippen LogP contribution in [0.1, 0.15) is 15.9 Å². The lowest BCUT2D eigenvalue weighted by atomic mass is 10.0. The molecule has 1 N–H and O–H groups in total. The van der Waals surface area contributed by atoms with Gasteiger partial charge < -0.3 is 4.98 Å². The third kappa shape index (κ3) is 2.00. The molecule has 0 atom stereocenters. The molecule has 0 unspecified atom stereocenters. The van der Waals surface area contributed by atoms with Gasteiger partial charge in [0.2, 0.25) is 0 Å². The summed E-state index contributed by atoms with van der Waals surface area (Å²) < 4.78 is 13.0. The molecule has 0 radical (unpaired) electrons. The zero-order valence-corrected chi connectivity index (χ0v) is 10.4. The fourth-order valence-corrected chi connectivity index (χ4v) is 2.22. The van der Waals surface area contributed by atoms with Crippen LogP contribution in [0.4, 0.5) is 4.39 Å². The van der Waals surface area contributed by atoms with Gasteiger partial charge in [-0.05, 0) is 30.3 Å². The number of pyridine rings is 1. The second kappa shape index (κ2) is 4.48. The Morgan fingerprint density at radius 3 is 2.89 bits per heavy atom. The number of nitrogens with zero attached hydrogens (tertiary/aromatic N) is 1. The highest BCUT2D eigenvalue weighted by atomic mass is 35.5. The second-order valence-corrected chi connectivity index (χ2v) is 4.46. The summed E-state index contributed by atoms with van der Waals surface area (Å²) in [7, 11) is 0. The maximum Gasteiger partial charge on any atom is 0.196 e. The smallest absolute Gasteiger partial charge is 0.196 e. The average molecular weight is 275 g/mol. The lowest BCUT2D eigenvalue weighted by molar-refractivity contribution is 0.104. The van der Waals surface area contributed by atoms with Gasteiger partial charge in [-0.3, -0.25) is 4.79 Å². The molecule has 0 amide bonds. The fraction of sp³-hybridized carbons (Fsp3) is 0. The average Bonchev–Trinajstić information content (AvgIpc) is 2.82. The number of aromatic nitrogens is 2. The Morgan fingerprint density at radius 2 is 2.11 bits per heavy atom. The number of hydrogen-bond acceptors (Lipinski definition) is 2. The van der Waals surface area contributed by atoms with Gasteiger partial charge >= 0.3 is 0 Å². The van der Waals surface area contributed by atoms with Crippen molar-refractivity contribution in [3.8, 4) is 0 Å². The number of H-pyrrole nitrogens is 1. The van der Waals surface area contributed by atoms with E-state index in [1.807, 2.05) is 0 Å². The molecule has 0 aliphatic heterocycles. The molecule has 2 heterocycles. The van der Waals surface area contributed by atoms with E-state index < -0.39 is 5.82 Å². The molecule has 1 aromatic carbocycles. The summed E-state index contributed by atoms with van der Waals surface area (Å²) in [6.07, 6.45) is 3.22. The van der Waals surface area contributed by atoms with E-state index in [1.165, 1.54) is 12.1 Å². The number of rotatable bonds is 2. The topological polar surface area (TPSA) is 45.8 Å². The van der Waals surface area contributed by atoms with E-state index in [9.17, 15) is 9.18 Å². The molecule has 0 saturated carbocycles. The first-order valence-corrected chi connectivity index (χ1v) is 5.96. The van der Waals surface area contributed by atoms with E-state index in [0.29, 0.717) is 16.6 Å². The lowest BCUT2D eigenvalue weighted by Gasteiger charge is -2.02. The standard InChI is InChI=1S/C14H8ClFN2O/c15-12-6-8(16)3-4-10(12)13(19)11-7-18-14-9(11)2-1-5-17-14/h1-7H,(H,17,18). The van der Waals surface area contributed by atoms with Crippen LogP contribution >= 0.6 is 11.6 Å². The first kappa shape index (κ1) is 11.9. The summed E-state index contributed by atoms with van der Waals surface area (Å²) in [4.78, 5) is 19.4. The lowest BCUT2D eigenvalue weighted by Crippen LogP contribution is -2.01. The van der Waals surface area contributed by atoms with Crippen molar-refractivity contribution in [1.82, 2.24) is 9.97 Å². The highest BCUT2D eigenvalue weighted by molar-refractivity contribution is 6.35. The van der Waals surface area contributed by atoms with Gasteiger partial charge in [-0.15, -0.1) is 0 Å². The van der Waals surface area contributed by atoms with Gasteiger partial charge in [0.15, 0.2) is 5.78 Å². The van der Waals surface area contributed by atoms with Gasteiger partial charge in [0.25, 0.3) is 0 Å². The highest BCUT2D eigenvalue weighted by Gasteiger charge is 2.17. The number of fused-ring (bicyclic) bond motifs is 1. The van der Waals surface area contributed by atoms with E-state index in [4.69, 9.17) is 11.6 Å². The Bertz CT molecular complexity index is 782. The van der Waals surface area contributed by atoms with Crippen molar-refractivity contribution in [3.63, 3.8) is 0 Å². The molecular formula is C14H8ClFN2O. The van der Waals surface area contributed by atoms with Crippen molar-refractivity contribution < 1.29 is 9.18 Å². The number of hydrogen-bond donors (Lipinski definition) is 1. The van der Waals surface area contributed by atoms with Gasteiger partial charge in [-0.1, -0.05) is 11.6 Å². The Labute approximate surface area is 113 Å². The highest BCUT2D eigenvalue weighted by Crippen LogP contribution is 2.24. The molecule has 2 aromatic heterocycles. The van der Waals surface area contributed by atoms with Crippen LogP contribution in [0.3, 0.4) is 0 Å². The summed E-state index contributed by atoms with van der Waals surface area (Å²) >= 11 is 5.91. The van der Waals surface area contributed by atoms with Gasteiger partial charge in [0.1, 0.15) is 11.5 Å². The SMILES string of the molecule is O=C(c1ccc(F)cc1Cl)c1c[nH]c2ncccc12. The predicted octanol–water partition coefficient (Wildman–Crippen LogP) is 3.59. The third-order valence-corrected chi connectivity index (χ3v) is 3.18. The van der Waals surface area contributed by atoms with Crippen molar-refractivity contribution in [2.75, 3.05) is 0 Å². The van der Waals surface area contributed by atoms with Crippen LogP contribution in [-0.4, -0.2) is 15.8 Å². The van der Waals surface area contributed by atoms with E-state index in [1.54, 1.807) is 24.5 Å². The van der Waals surface area contributed by atoms with E-state index in [-0.39, 0.29) is 16.4 Å². The molecule has 3 rings (SSSR count). The van der Waals surface area contributed by atoms with Crippen LogP contribution in [0.5, 0.6) is 0 Å². The van der Waals surface area contributed by atoms with Crippen molar-refractivity contribution in [2.24, 2.45) is 0 Å². The second-order valence-electron chi connectivity index (χ2n) is 4.06. The first-order chi connectivity index (χ1) is 9.16. The van der Waals surface area contributed by atoms with E-state index in [0.717, 1.165) is 6.07 Å². The summed E-state index contributed by atoms with van der Waals surface area (Å²) in [5.41, 5.74) is 1.37. The van der Waals surface area contributed by atoms with Crippen LogP contribution in [0.15, 0.2) is 42.7 Å². The van der Waals surface area contributed by atoms with Crippen LogP contribution in [0, 0.1) is 5.82 Å². The number of nitrogens with one attached hydrogen (secondary N) is 1. The Balaban J connectivity index is 2.13. The zero-order valence-electron chi connectivity index (χ0n) is 9.65. The molecule has 3 aromatic rings. The summed E-state index contributed by atoms with van der Waals surface area (Å²) in [6, 6.07) is 7.27. The molecule has 3 nitrogen and oxygen atoms in total. The number of carbonyl (C=O) groups excluding carboxylic acids is 1. The number of ketones is 1. The van der Waals surface area contributed by atoms with Crippen molar-refractivity contribution in [2.45, 2.75) is 0 Å². The van der Waals surface area contributed by atoms with Gasteiger partial charge in [-0.25, -0.2) is 9.37 Å². The summed E-state index contributed by atoms with van der Waals surface area (Å²) in [5.74, 6) is -0.730. The molecule has 94 valence electrons. The minimum absolute atomic E-state index is 0.100. The molecule has 0 spiro atoms. The van der Waals surface area contributed by atoms with Crippen LogP contribution in [-0.2, 0) is 0 Å². The molecule has 19 heavy (non-hydrogen) atoms. The van der Waals surface area contributed by atoms with Crippen LogP contribution in [0.25, 0.3) is 11.0 Å². The van der Waals surface area contributed by atoms with Crippen molar-refractivity contribution in [3.05, 3.63) is 64.7 Å². The molecule has 5 heteroatoms. The number of aromatic amines is 1. The molecule has 0 bridgehead atoms. The first-order valence-electron chi connectivity index (χ1n) is 5.58. The Morgan fingerprint density at radius 1 is 1.26 bits per heavy atom. The largest absolute Gasteiger partial charge is 0.345 e. The molecule has 0 fully saturated rings. The molecule has 0 aliphatic rings. The quantitative estimate of drug-likeness (QED) is 0.726. The third-order valence-electron chi connectivity index (χ3n) is 2.87. The summed E-state index contributed by atoms with van der Waals surface area (Å²) in [5, 5.41) is 0.816. The minimum Gasteiger partial charge on any atom is -0.345 e. The molecule has 0 saturated heterocycles. The monoisotopic (exact) mass is 274 g/mol. The molecule has 0 aliphatic carbocycles. The minimum atomic E-state index is -0.470. The Kier molecular flexibility index (Phi) is 2.80. The predicted molar refractivity (Wildman–Crippen MR) is 70.9 cm³/mol. The zero-order chi connectivity index (χ0) is 13.4. The molecular weight excluding hydrogens is 267 g/mol. The number of benzene rings is 1. The van der Waals surface area contributed by atoms with Gasteiger partial charge in [-0.2, -0.15) is 0 Å². The van der Waals surface area contributed by atoms with Crippen molar-refractivity contribution in [1.29, 1.82) is 0 Å². The van der Waals surface area contributed by atoms with Gasteiger partial charge in [0.05, 0.1) is 5.02 Å².